The van der Waals surface area contributed by atoms with Crippen molar-refractivity contribution >= 4 is 7.82 Å². The van der Waals surface area contributed by atoms with Crippen molar-refractivity contribution in [2.45, 2.75) is 6.10 Å². The largest absolute Gasteiger partial charge is 0.469 e. The van der Waals surface area contributed by atoms with Crippen LogP contribution in [-0.2, 0) is 9.09 Å². The van der Waals surface area contributed by atoms with Crippen molar-refractivity contribution in [3.63, 3.8) is 0 Å². The van der Waals surface area contributed by atoms with E-state index in [4.69, 9.17) is 20.6 Å². The molecule has 5 N–H and O–H groups in total. The molecule has 0 fully saturated rings. The third-order valence-electron chi connectivity index (χ3n) is 0.707. The molecule has 0 aliphatic carbocycles. The Morgan fingerprint density at radius 1 is 1.60 bits per heavy atom. The number of hydrogen-bond acceptors (Lipinski definition) is 4. The summed E-state index contributed by atoms with van der Waals surface area (Å²) in [6, 6.07) is 0. The normalized spacial score (nSPS) is 15.2. The number of aliphatic hydroxyl groups is 1. The van der Waals surface area contributed by atoms with Gasteiger partial charge in [-0.1, -0.05) is 0 Å². The number of hydrogen-bond donors (Lipinski definition) is 4. The zero-order chi connectivity index (χ0) is 8.20. The van der Waals surface area contributed by atoms with Crippen LogP contribution in [0.2, 0.25) is 0 Å². The maximum absolute atomic E-state index is 9.97. The van der Waals surface area contributed by atoms with Gasteiger partial charge in [-0.2, -0.15) is 0 Å². The molecule has 0 bridgehead atoms. The number of rotatable bonds is 4. The second-order valence-electron chi connectivity index (χ2n) is 1.68. The van der Waals surface area contributed by atoms with E-state index in [1.54, 1.807) is 0 Å². The summed E-state index contributed by atoms with van der Waals surface area (Å²) in [6.07, 6.45) is -1.02. The van der Waals surface area contributed by atoms with Gasteiger partial charge >= 0.3 is 7.82 Å². The maximum atomic E-state index is 9.97. The lowest BCUT2D eigenvalue weighted by atomic mass is 10.4. The molecule has 62 valence electrons. The Morgan fingerprint density at radius 2 is 2.10 bits per heavy atom. The first-order valence-electron chi connectivity index (χ1n) is 2.54. The quantitative estimate of drug-likeness (QED) is 0.379. The molecule has 10 heavy (non-hydrogen) atoms. The minimum atomic E-state index is -4.45. The highest BCUT2D eigenvalue weighted by atomic mass is 31.2. The van der Waals surface area contributed by atoms with E-state index in [2.05, 4.69) is 4.52 Å². The first-order chi connectivity index (χ1) is 4.45. The van der Waals surface area contributed by atoms with Gasteiger partial charge in [0.1, 0.15) is 0 Å². The molecule has 1 atom stereocenters. The summed E-state index contributed by atoms with van der Waals surface area (Å²) in [6.45, 7) is -0.527. The second kappa shape index (κ2) is 4.02. The standard InChI is InChI=1S/C3H10NO5P/c4-1-3(5)2-9-10(6,7)8/h3,5H,1-2,4H2,(H2,6,7,8). The Bertz CT molecular complexity index is 133. The molecule has 6 nitrogen and oxygen atoms in total. The molecule has 0 saturated heterocycles. The lowest BCUT2D eigenvalue weighted by Crippen LogP contribution is -2.24. The third kappa shape index (κ3) is 6.15. The molecule has 0 aliphatic heterocycles. The molecule has 0 spiro atoms. The number of phosphoric acid groups is 1. The molecule has 0 aliphatic rings. The Morgan fingerprint density at radius 3 is 2.40 bits per heavy atom. The molecule has 0 heterocycles. The van der Waals surface area contributed by atoms with Gasteiger partial charge in [0.05, 0.1) is 12.7 Å². The fourth-order valence-electron chi connectivity index (χ4n) is 0.251. The third-order valence-corrected chi connectivity index (χ3v) is 1.19. The first kappa shape index (κ1) is 10.0. The Kier molecular flexibility index (Phi) is 4.04. The van der Waals surface area contributed by atoms with E-state index in [1.165, 1.54) is 0 Å². The van der Waals surface area contributed by atoms with Gasteiger partial charge in [0.15, 0.2) is 0 Å². The van der Waals surface area contributed by atoms with E-state index in [0.717, 1.165) is 0 Å². The van der Waals surface area contributed by atoms with Crippen LogP contribution in [0.5, 0.6) is 0 Å². The van der Waals surface area contributed by atoms with E-state index in [9.17, 15) is 4.57 Å². The molecule has 0 aromatic carbocycles. The predicted octanol–water partition coefficient (Wildman–Crippen LogP) is -1.58. The van der Waals surface area contributed by atoms with Gasteiger partial charge < -0.3 is 20.6 Å². The molecular weight excluding hydrogens is 161 g/mol. The van der Waals surface area contributed by atoms with Crippen LogP contribution in [0.3, 0.4) is 0 Å². The van der Waals surface area contributed by atoms with Crippen LogP contribution in [0.4, 0.5) is 0 Å². The lowest BCUT2D eigenvalue weighted by molar-refractivity contribution is 0.0904. The topological polar surface area (TPSA) is 113 Å². The maximum Gasteiger partial charge on any atom is 0.469 e. The van der Waals surface area contributed by atoms with Gasteiger partial charge in [-0.3, -0.25) is 4.52 Å². The van der Waals surface area contributed by atoms with Gasteiger partial charge in [0.25, 0.3) is 0 Å². The summed E-state index contributed by atoms with van der Waals surface area (Å²) in [7, 11) is -4.45. The monoisotopic (exact) mass is 171 g/mol. The molecule has 0 saturated carbocycles. The summed E-state index contributed by atoms with van der Waals surface area (Å²) in [5.41, 5.74) is 4.92. The molecule has 0 aromatic rings. The number of nitrogens with two attached hydrogens (primary N) is 1. The van der Waals surface area contributed by atoms with Gasteiger partial charge in [-0.05, 0) is 0 Å². The molecule has 0 aromatic heterocycles. The van der Waals surface area contributed by atoms with E-state index < -0.39 is 20.5 Å². The van der Waals surface area contributed by atoms with Crippen LogP contribution >= 0.6 is 7.82 Å². The average Bonchev–Trinajstić information content (AvgIpc) is 1.81. The van der Waals surface area contributed by atoms with Crippen molar-refractivity contribution in [2.24, 2.45) is 5.73 Å². The van der Waals surface area contributed by atoms with E-state index >= 15 is 0 Å². The lowest BCUT2D eigenvalue weighted by Gasteiger charge is -2.08. The van der Waals surface area contributed by atoms with Crippen LogP contribution in [0.25, 0.3) is 0 Å². The van der Waals surface area contributed by atoms with E-state index in [1.807, 2.05) is 0 Å². The van der Waals surface area contributed by atoms with Crippen LogP contribution in [-0.4, -0.2) is 34.1 Å². The molecule has 1 unspecified atom stereocenters. The molecule has 0 radical (unpaired) electrons. The van der Waals surface area contributed by atoms with Crippen LogP contribution in [0, 0.1) is 0 Å². The van der Waals surface area contributed by atoms with Crippen molar-refractivity contribution in [3.8, 4) is 0 Å². The van der Waals surface area contributed by atoms with Crippen LogP contribution in [0.15, 0.2) is 0 Å². The number of aliphatic hydroxyl groups excluding tert-OH is 1. The SMILES string of the molecule is NCC(O)COP(=O)(O)O. The zero-order valence-corrected chi connectivity index (χ0v) is 6.07. The predicted molar refractivity (Wildman–Crippen MR) is 33.1 cm³/mol. The van der Waals surface area contributed by atoms with Crippen LogP contribution in [0.1, 0.15) is 0 Å². The first-order valence-corrected chi connectivity index (χ1v) is 4.07. The Labute approximate surface area is 57.9 Å². The molecule has 7 heteroatoms. The van der Waals surface area contributed by atoms with E-state index in [0.29, 0.717) is 0 Å². The van der Waals surface area contributed by atoms with Crippen LogP contribution < -0.4 is 5.73 Å². The van der Waals surface area contributed by atoms with Crippen molar-refractivity contribution < 1.29 is 24.0 Å². The van der Waals surface area contributed by atoms with Gasteiger partial charge in [0, 0.05) is 6.54 Å². The molecule has 0 rings (SSSR count). The Balaban J connectivity index is 3.46. The van der Waals surface area contributed by atoms with Crippen molar-refractivity contribution in [1.82, 2.24) is 0 Å². The second-order valence-corrected chi connectivity index (χ2v) is 2.92. The summed E-state index contributed by atoms with van der Waals surface area (Å²) in [5.74, 6) is 0. The summed E-state index contributed by atoms with van der Waals surface area (Å²) >= 11 is 0. The minimum Gasteiger partial charge on any atom is -0.389 e. The van der Waals surface area contributed by atoms with Crippen molar-refractivity contribution in [1.29, 1.82) is 0 Å². The highest BCUT2D eigenvalue weighted by Gasteiger charge is 2.15. The number of phosphoric ester groups is 1. The van der Waals surface area contributed by atoms with Crippen molar-refractivity contribution in [2.75, 3.05) is 13.2 Å². The Hall–Kier alpha value is 0.0300. The summed E-state index contributed by atoms with van der Waals surface area (Å²) < 4.78 is 13.9. The highest BCUT2D eigenvalue weighted by Crippen LogP contribution is 2.35. The highest BCUT2D eigenvalue weighted by molar-refractivity contribution is 7.46. The smallest absolute Gasteiger partial charge is 0.389 e. The zero-order valence-electron chi connectivity index (χ0n) is 5.17. The molecular formula is C3H10NO5P. The van der Waals surface area contributed by atoms with E-state index in [-0.39, 0.29) is 6.54 Å². The van der Waals surface area contributed by atoms with Gasteiger partial charge in [-0.15, -0.1) is 0 Å². The van der Waals surface area contributed by atoms with Crippen molar-refractivity contribution in [3.05, 3.63) is 0 Å². The average molecular weight is 171 g/mol. The molecule has 0 amide bonds. The summed E-state index contributed by atoms with van der Waals surface area (Å²) in [5, 5.41) is 8.63. The fourth-order valence-corrected chi connectivity index (χ4v) is 0.617. The van der Waals surface area contributed by atoms with Gasteiger partial charge in [-0.25, -0.2) is 4.57 Å². The minimum absolute atomic E-state index is 0.0833. The van der Waals surface area contributed by atoms with Gasteiger partial charge in [0.2, 0.25) is 0 Å². The fraction of sp³-hybridized carbons (Fsp3) is 1.00. The summed E-state index contributed by atoms with van der Waals surface area (Å²) in [4.78, 5) is 16.2.